The summed E-state index contributed by atoms with van der Waals surface area (Å²) in [6.07, 6.45) is 0.774. The Kier molecular flexibility index (Phi) is 7.30. The fraction of sp³-hybridized carbons (Fsp3) is 0.222. The first-order valence-electron chi connectivity index (χ1n) is 11.4. The molecule has 1 aliphatic rings. The summed E-state index contributed by atoms with van der Waals surface area (Å²) in [7, 11) is 1.59. The molecule has 8 heteroatoms. The number of para-hydroxylation sites is 1. The fourth-order valence-corrected chi connectivity index (χ4v) is 3.96. The van der Waals surface area contributed by atoms with Crippen molar-refractivity contribution in [2.45, 2.75) is 19.9 Å². The van der Waals surface area contributed by atoms with Gasteiger partial charge >= 0.3 is 12.0 Å². The van der Waals surface area contributed by atoms with Gasteiger partial charge in [-0.15, -0.1) is 0 Å². The van der Waals surface area contributed by atoms with Crippen LogP contribution in [0.1, 0.15) is 38.8 Å². The van der Waals surface area contributed by atoms with Gasteiger partial charge in [-0.2, -0.15) is 0 Å². The average molecular weight is 474 g/mol. The van der Waals surface area contributed by atoms with Gasteiger partial charge in [0, 0.05) is 24.3 Å². The highest BCUT2D eigenvalue weighted by atomic mass is 16.5. The zero-order valence-corrected chi connectivity index (χ0v) is 19.7. The molecule has 0 atom stereocenters. The Morgan fingerprint density at radius 3 is 2.51 bits per heavy atom. The Morgan fingerprint density at radius 1 is 1.00 bits per heavy atom. The minimum Gasteiger partial charge on any atom is -0.497 e. The van der Waals surface area contributed by atoms with E-state index in [1.54, 1.807) is 67.5 Å². The molecule has 3 aromatic carbocycles. The number of ether oxygens (including phenoxy) is 2. The van der Waals surface area contributed by atoms with Crippen molar-refractivity contribution in [3.8, 4) is 5.75 Å². The molecule has 1 heterocycles. The molecule has 0 saturated heterocycles. The van der Waals surface area contributed by atoms with E-state index in [4.69, 9.17) is 9.47 Å². The van der Waals surface area contributed by atoms with Crippen LogP contribution >= 0.6 is 0 Å². The molecule has 3 aromatic rings. The van der Waals surface area contributed by atoms with Crippen molar-refractivity contribution in [2.24, 2.45) is 0 Å². The minimum absolute atomic E-state index is 0.0789. The number of rotatable bonds is 7. The van der Waals surface area contributed by atoms with Gasteiger partial charge in [0.2, 0.25) is 0 Å². The van der Waals surface area contributed by atoms with E-state index in [1.807, 2.05) is 18.2 Å². The molecule has 1 aliphatic heterocycles. The number of carbonyl (C=O) groups is 3. The second kappa shape index (κ2) is 10.7. The van der Waals surface area contributed by atoms with Crippen LogP contribution in [0.25, 0.3) is 0 Å². The van der Waals surface area contributed by atoms with Crippen molar-refractivity contribution in [1.29, 1.82) is 0 Å². The van der Waals surface area contributed by atoms with Crippen molar-refractivity contribution >= 4 is 29.3 Å². The maximum Gasteiger partial charge on any atom is 0.340 e. The Morgan fingerprint density at radius 2 is 1.77 bits per heavy atom. The predicted molar refractivity (Wildman–Crippen MR) is 133 cm³/mol. The normalized spacial score (nSPS) is 12.0. The summed E-state index contributed by atoms with van der Waals surface area (Å²) in [5.74, 6) is 0.119. The lowest BCUT2D eigenvalue weighted by Crippen LogP contribution is -2.30. The van der Waals surface area contributed by atoms with Crippen LogP contribution in [0.5, 0.6) is 5.75 Å². The summed E-state index contributed by atoms with van der Waals surface area (Å²) in [5, 5.41) is 5.51. The topological polar surface area (TPSA) is 97.0 Å². The number of anilines is 2. The van der Waals surface area contributed by atoms with Gasteiger partial charge in [-0.05, 0) is 66.9 Å². The minimum atomic E-state index is -0.497. The molecule has 0 fully saturated rings. The summed E-state index contributed by atoms with van der Waals surface area (Å²) in [6.45, 7) is 2.83. The smallest absolute Gasteiger partial charge is 0.340 e. The lowest BCUT2D eigenvalue weighted by Gasteiger charge is -2.18. The first-order chi connectivity index (χ1) is 17.0. The first kappa shape index (κ1) is 23.8. The largest absolute Gasteiger partial charge is 0.497 e. The van der Waals surface area contributed by atoms with E-state index in [1.165, 1.54) is 0 Å². The third-order valence-corrected chi connectivity index (χ3v) is 5.75. The van der Waals surface area contributed by atoms with Crippen LogP contribution < -0.4 is 20.3 Å². The van der Waals surface area contributed by atoms with Gasteiger partial charge in [-0.3, -0.25) is 4.79 Å². The van der Waals surface area contributed by atoms with E-state index in [0.29, 0.717) is 23.5 Å². The summed E-state index contributed by atoms with van der Waals surface area (Å²) in [6, 6.07) is 19.1. The zero-order chi connectivity index (χ0) is 24.8. The average Bonchev–Trinajstić information content (AvgIpc) is 3.31. The van der Waals surface area contributed by atoms with Crippen LogP contribution in [0.3, 0.4) is 0 Å². The van der Waals surface area contributed by atoms with Gasteiger partial charge in [-0.25, -0.2) is 9.59 Å². The number of carbonyl (C=O) groups excluding carboxylic acids is 3. The second-order valence-corrected chi connectivity index (χ2v) is 7.97. The van der Waals surface area contributed by atoms with Crippen LogP contribution in [-0.4, -0.2) is 38.2 Å². The number of amides is 3. The Hall–Kier alpha value is -4.33. The molecule has 0 unspecified atom stereocenters. The van der Waals surface area contributed by atoms with Crippen LogP contribution in [0.15, 0.2) is 66.7 Å². The van der Waals surface area contributed by atoms with Crippen LogP contribution in [0, 0.1) is 0 Å². The van der Waals surface area contributed by atoms with Gasteiger partial charge in [0.1, 0.15) is 5.75 Å². The number of methoxy groups -OCH3 is 1. The first-order valence-corrected chi connectivity index (χ1v) is 11.4. The molecule has 0 radical (unpaired) electrons. The maximum absolute atomic E-state index is 13.1. The lowest BCUT2D eigenvalue weighted by molar-refractivity contribution is 0.0527. The van der Waals surface area contributed by atoms with Gasteiger partial charge in [0.25, 0.3) is 5.91 Å². The van der Waals surface area contributed by atoms with Gasteiger partial charge in [0.15, 0.2) is 0 Å². The number of hydrogen-bond donors (Lipinski definition) is 2. The molecule has 8 nitrogen and oxygen atoms in total. The molecular weight excluding hydrogens is 446 g/mol. The number of nitrogens with zero attached hydrogens (tertiary/aromatic N) is 1. The molecule has 2 N–H and O–H groups in total. The SMILES string of the molecule is CCOC(=O)c1ccccc1NC(=O)NCc1ccc2c(c1)N(C(=O)c1ccc(OC)cc1)CC2. The van der Waals surface area contributed by atoms with Crippen molar-refractivity contribution in [1.82, 2.24) is 5.32 Å². The number of nitrogens with one attached hydrogen (secondary N) is 2. The van der Waals surface area contributed by atoms with Crippen LogP contribution in [0.2, 0.25) is 0 Å². The molecule has 0 spiro atoms. The second-order valence-electron chi connectivity index (χ2n) is 7.97. The molecule has 0 bridgehead atoms. The standard InChI is InChI=1S/C27H27N3O5/c1-3-35-26(32)22-6-4-5-7-23(22)29-27(33)28-17-18-8-9-19-14-15-30(24(19)16-18)25(31)20-10-12-21(34-2)13-11-20/h4-13,16H,3,14-15,17H2,1-2H3,(H2,28,29,33). The summed E-state index contributed by atoms with van der Waals surface area (Å²) in [4.78, 5) is 39.5. The van der Waals surface area contributed by atoms with E-state index < -0.39 is 12.0 Å². The number of urea groups is 1. The van der Waals surface area contributed by atoms with E-state index in [-0.39, 0.29) is 24.6 Å². The molecule has 0 saturated carbocycles. The monoisotopic (exact) mass is 473 g/mol. The van der Waals surface area contributed by atoms with Crippen molar-refractivity contribution in [3.05, 3.63) is 89.0 Å². The summed E-state index contributed by atoms with van der Waals surface area (Å²) in [5.41, 5.74) is 4.03. The number of hydrogen-bond acceptors (Lipinski definition) is 5. The number of fused-ring (bicyclic) bond motifs is 1. The highest BCUT2D eigenvalue weighted by Crippen LogP contribution is 2.30. The highest BCUT2D eigenvalue weighted by Gasteiger charge is 2.26. The number of esters is 1. The van der Waals surface area contributed by atoms with Gasteiger partial charge < -0.3 is 25.0 Å². The van der Waals surface area contributed by atoms with Crippen molar-refractivity contribution < 1.29 is 23.9 Å². The van der Waals surface area contributed by atoms with E-state index in [0.717, 1.165) is 23.2 Å². The fourth-order valence-electron chi connectivity index (χ4n) is 3.96. The van der Waals surface area contributed by atoms with Crippen molar-refractivity contribution in [2.75, 3.05) is 30.5 Å². The molecule has 35 heavy (non-hydrogen) atoms. The highest BCUT2D eigenvalue weighted by molar-refractivity contribution is 6.07. The summed E-state index contributed by atoms with van der Waals surface area (Å²) < 4.78 is 10.2. The molecule has 3 amide bonds. The van der Waals surface area contributed by atoms with E-state index in [9.17, 15) is 14.4 Å². The molecular formula is C27H27N3O5. The third kappa shape index (κ3) is 5.43. The maximum atomic E-state index is 13.1. The Bertz CT molecular complexity index is 1240. The van der Waals surface area contributed by atoms with E-state index >= 15 is 0 Å². The van der Waals surface area contributed by atoms with Crippen LogP contribution in [-0.2, 0) is 17.7 Å². The third-order valence-electron chi connectivity index (χ3n) is 5.75. The summed E-state index contributed by atoms with van der Waals surface area (Å²) >= 11 is 0. The van der Waals surface area contributed by atoms with Gasteiger partial charge in [0.05, 0.1) is 25.0 Å². The quantitative estimate of drug-likeness (QED) is 0.496. The Labute approximate surface area is 203 Å². The lowest BCUT2D eigenvalue weighted by atomic mass is 10.1. The predicted octanol–water partition coefficient (Wildman–Crippen LogP) is 4.40. The van der Waals surface area contributed by atoms with E-state index in [2.05, 4.69) is 10.6 Å². The molecule has 0 aliphatic carbocycles. The molecule has 4 rings (SSSR count). The Balaban J connectivity index is 1.42. The number of benzene rings is 3. The van der Waals surface area contributed by atoms with Crippen LogP contribution in [0.4, 0.5) is 16.2 Å². The zero-order valence-electron chi connectivity index (χ0n) is 19.7. The molecule has 180 valence electrons. The van der Waals surface area contributed by atoms with Crippen molar-refractivity contribution in [3.63, 3.8) is 0 Å². The van der Waals surface area contributed by atoms with Gasteiger partial charge in [-0.1, -0.05) is 24.3 Å². The molecule has 0 aromatic heterocycles.